The summed E-state index contributed by atoms with van der Waals surface area (Å²) in [7, 11) is 6.61. The van der Waals surface area contributed by atoms with Crippen molar-refractivity contribution >= 4 is 0 Å². The van der Waals surface area contributed by atoms with Crippen LogP contribution in [0.25, 0.3) is 0 Å². The summed E-state index contributed by atoms with van der Waals surface area (Å²) in [6.45, 7) is 4.30. The number of aliphatic hydroxyl groups excluding tert-OH is 2. The number of aliphatic hydroxyl groups is 4. The summed E-state index contributed by atoms with van der Waals surface area (Å²) in [5, 5.41) is 47.6. The van der Waals surface area contributed by atoms with E-state index >= 15 is 0 Å². The molecule has 7 bridgehead atoms. The molecule has 0 radical (unpaired) electrons. The van der Waals surface area contributed by atoms with Crippen LogP contribution in [0.4, 0.5) is 0 Å². The summed E-state index contributed by atoms with van der Waals surface area (Å²) in [6.07, 6.45) is -2.12. The molecular weight excluding hydrogens is 442 g/mol. The summed E-state index contributed by atoms with van der Waals surface area (Å²) in [5.74, 6) is -1.43. The highest BCUT2D eigenvalue weighted by Crippen LogP contribution is 2.79. The van der Waals surface area contributed by atoms with E-state index in [-0.39, 0.29) is 41.9 Å². The largest absolute Gasteiger partial charge is 0.390 e. The molecule has 0 amide bonds. The van der Waals surface area contributed by atoms with E-state index in [1.165, 1.54) is 7.11 Å². The lowest BCUT2D eigenvalue weighted by Crippen LogP contribution is -2.79. The van der Waals surface area contributed by atoms with E-state index in [1.54, 1.807) is 21.3 Å². The van der Waals surface area contributed by atoms with Crippen LogP contribution in [0.3, 0.4) is 0 Å². The zero-order valence-electron chi connectivity index (χ0n) is 20.9. The van der Waals surface area contributed by atoms with E-state index in [9.17, 15) is 20.4 Å². The Morgan fingerprint density at radius 3 is 2.29 bits per heavy atom. The number of ether oxygens (including phenoxy) is 4. The third kappa shape index (κ3) is 2.22. The Morgan fingerprint density at radius 1 is 0.971 bits per heavy atom. The Hall–Kier alpha value is -0.360. The van der Waals surface area contributed by atoms with Crippen molar-refractivity contribution in [2.45, 2.75) is 73.9 Å². The number of hydrogen-bond donors (Lipinski definition) is 4. The number of rotatable bonds is 6. The highest BCUT2D eigenvalue weighted by Gasteiger charge is 2.89. The fourth-order valence-electron chi connectivity index (χ4n) is 11.0. The highest BCUT2D eigenvalue weighted by atomic mass is 16.5. The van der Waals surface area contributed by atoms with Crippen molar-refractivity contribution in [2.24, 2.45) is 34.5 Å². The maximum atomic E-state index is 12.6. The standard InChI is InChI=1S/C25H41NO8/c1-6-26-10-22(11-31-2)8-7-13(32-3)24-12-9-23(29)19(27)14(12)25(30,20(28)21(23)34-5)15(18(24)26)16(33-4)17(22)24/h12-21,27-30H,6-11H2,1-5H3/t12-,13+,14-,15+,16+,17-,18?,19-,20+,21+,22+,23-,24+,25-/m1/s1. The van der Waals surface area contributed by atoms with Crippen LogP contribution in [0.1, 0.15) is 26.2 Å². The topological polar surface area (TPSA) is 121 Å². The second-order valence-electron chi connectivity index (χ2n) is 12.0. The molecule has 9 heteroatoms. The molecule has 1 unspecified atom stereocenters. The number of hydrogen-bond acceptors (Lipinski definition) is 9. The fourth-order valence-corrected chi connectivity index (χ4v) is 11.0. The van der Waals surface area contributed by atoms with E-state index in [0.717, 1.165) is 25.9 Å². The molecule has 14 atom stereocenters. The lowest BCUT2D eigenvalue weighted by atomic mass is 9.43. The Bertz CT molecular complexity index is 846. The highest BCUT2D eigenvalue weighted by molar-refractivity contribution is 5.39. The summed E-state index contributed by atoms with van der Waals surface area (Å²) in [4.78, 5) is 2.44. The summed E-state index contributed by atoms with van der Waals surface area (Å²) < 4.78 is 24.0. The number of likely N-dealkylation sites (tertiary alicyclic amines) is 1. The first-order valence-corrected chi connectivity index (χ1v) is 12.8. The predicted octanol–water partition coefficient (Wildman–Crippen LogP) is -0.758. The van der Waals surface area contributed by atoms with Crippen LogP contribution < -0.4 is 0 Å². The van der Waals surface area contributed by atoms with Gasteiger partial charge in [-0.3, -0.25) is 4.90 Å². The molecule has 5 saturated carbocycles. The van der Waals surface area contributed by atoms with Crippen LogP contribution in [0.5, 0.6) is 0 Å². The van der Waals surface area contributed by atoms with E-state index < -0.39 is 46.8 Å². The van der Waals surface area contributed by atoms with Gasteiger partial charge < -0.3 is 39.4 Å². The molecule has 34 heavy (non-hydrogen) atoms. The molecule has 6 rings (SSSR count). The van der Waals surface area contributed by atoms with Gasteiger partial charge in [-0.05, 0) is 31.7 Å². The number of piperidine rings is 1. The molecule has 0 aromatic rings. The molecule has 1 heterocycles. The van der Waals surface area contributed by atoms with E-state index in [4.69, 9.17) is 18.9 Å². The van der Waals surface area contributed by atoms with Crippen molar-refractivity contribution in [3.05, 3.63) is 0 Å². The average molecular weight is 484 g/mol. The van der Waals surface area contributed by atoms with Crippen molar-refractivity contribution in [3.8, 4) is 0 Å². The molecule has 0 aromatic carbocycles. The van der Waals surface area contributed by atoms with Gasteiger partial charge in [0.2, 0.25) is 0 Å². The summed E-state index contributed by atoms with van der Waals surface area (Å²) in [5.41, 5.74) is -3.98. The quantitative estimate of drug-likeness (QED) is 0.386. The molecule has 1 spiro atoms. The normalized spacial score (nSPS) is 61.7. The lowest BCUT2D eigenvalue weighted by Gasteiger charge is -2.69. The number of methoxy groups -OCH3 is 4. The molecule has 5 aliphatic carbocycles. The van der Waals surface area contributed by atoms with Crippen molar-refractivity contribution in [1.82, 2.24) is 4.90 Å². The summed E-state index contributed by atoms with van der Waals surface area (Å²) in [6, 6.07) is -0.117. The maximum Gasteiger partial charge on any atom is 0.120 e. The lowest BCUT2D eigenvalue weighted by molar-refractivity contribution is -0.315. The van der Waals surface area contributed by atoms with Gasteiger partial charge in [0.15, 0.2) is 0 Å². The Balaban J connectivity index is 1.67. The molecule has 1 saturated heterocycles. The first-order valence-electron chi connectivity index (χ1n) is 12.8. The number of nitrogens with zero attached hydrogens (tertiary/aromatic N) is 1. The maximum absolute atomic E-state index is 12.6. The van der Waals surface area contributed by atoms with Gasteiger partial charge in [0.25, 0.3) is 0 Å². The van der Waals surface area contributed by atoms with Gasteiger partial charge in [0, 0.05) is 69.6 Å². The minimum absolute atomic E-state index is 0.00354. The van der Waals surface area contributed by atoms with Crippen molar-refractivity contribution in [3.63, 3.8) is 0 Å². The van der Waals surface area contributed by atoms with E-state index in [2.05, 4.69) is 11.8 Å². The monoisotopic (exact) mass is 483 g/mol. The van der Waals surface area contributed by atoms with Crippen LogP contribution in [0.15, 0.2) is 0 Å². The Labute approximate surface area is 201 Å². The van der Waals surface area contributed by atoms with Gasteiger partial charge in [-0.2, -0.15) is 0 Å². The molecule has 4 N–H and O–H groups in total. The van der Waals surface area contributed by atoms with Gasteiger partial charge in [-0.1, -0.05) is 6.92 Å². The van der Waals surface area contributed by atoms with Crippen LogP contribution in [-0.2, 0) is 18.9 Å². The molecule has 0 aromatic heterocycles. The Kier molecular flexibility index (Phi) is 5.19. The molecule has 6 aliphatic rings. The van der Waals surface area contributed by atoms with Gasteiger partial charge in [0.05, 0.1) is 24.9 Å². The van der Waals surface area contributed by atoms with Crippen LogP contribution in [-0.4, -0.2) is 121 Å². The first-order chi connectivity index (χ1) is 16.2. The SMILES string of the molecule is CCN1C[C@]2(COC)CC[C@H](OC)[C@]34C1[C@H]([C@H](OC)[C@H]23)[C@]1(O)[C@H]2[C@@H](O)[C@](O)(C[C@H]24)[C@@H](OC)[C@@H]1O. The van der Waals surface area contributed by atoms with Gasteiger partial charge in [-0.25, -0.2) is 0 Å². The number of fused-ring (bicyclic) bond motifs is 2. The molecule has 9 nitrogen and oxygen atoms in total. The molecule has 6 fully saturated rings. The molecule has 194 valence electrons. The van der Waals surface area contributed by atoms with Crippen molar-refractivity contribution in [2.75, 3.05) is 48.1 Å². The smallest absolute Gasteiger partial charge is 0.120 e. The van der Waals surface area contributed by atoms with Crippen LogP contribution in [0, 0.1) is 34.5 Å². The minimum atomic E-state index is -1.67. The van der Waals surface area contributed by atoms with E-state index in [1.807, 2.05) is 0 Å². The van der Waals surface area contributed by atoms with Gasteiger partial charge >= 0.3 is 0 Å². The third-order valence-corrected chi connectivity index (χ3v) is 11.6. The van der Waals surface area contributed by atoms with E-state index in [0.29, 0.717) is 6.61 Å². The van der Waals surface area contributed by atoms with Gasteiger partial charge in [-0.15, -0.1) is 0 Å². The van der Waals surface area contributed by atoms with Crippen LogP contribution in [0.2, 0.25) is 0 Å². The second kappa shape index (κ2) is 7.36. The van der Waals surface area contributed by atoms with Crippen molar-refractivity contribution < 1.29 is 39.4 Å². The minimum Gasteiger partial charge on any atom is -0.390 e. The van der Waals surface area contributed by atoms with Gasteiger partial charge in [0.1, 0.15) is 23.4 Å². The van der Waals surface area contributed by atoms with Crippen molar-refractivity contribution in [1.29, 1.82) is 0 Å². The molecule has 1 aliphatic heterocycles. The second-order valence-corrected chi connectivity index (χ2v) is 12.0. The third-order valence-electron chi connectivity index (χ3n) is 11.6. The first kappa shape index (κ1) is 24.0. The average Bonchev–Trinajstić information content (AvgIpc) is 3.18. The summed E-state index contributed by atoms with van der Waals surface area (Å²) >= 11 is 0. The zero-order valence-corrected chi connectivity index (χ0v) is 20.9. The fraction of sp³-hybridized carbons (Fsp3) is 1.00. The van der Waals surface area contributed by atoms with Crippen LogP contribution >= 0.6 is 0 Å². The predicted molar refractivity (Wildman–Crippen MR) is 120 cm³/mol. The zero-order chi connectivity index (χ0) is 24.4. The Morgan fingerprint density at radius 2 is 1.71 bits per heavy atom. The molecular formula is C25H41NO8.